The largest absolute Gasteiger partial charge is 0.310 e. The third kappa shape index (κ3) is 2.97. The summed E-state index contributed by atoms with van der Waals surface area (Å²) in [5.41, 5.74) is 0.167. The summed E-state index contributed by atoms with van der Waals surface area (Å²) in [6, 6.07) is 2.31. The van der Waals surface area contributed by atoms with Crippen LogP contribution in [0.15, 0.2) is 23.1 Å². The van der Waals surface area contributed by atoms with E-state index in [0.29, 0.717) is 12.1 Å². The Hall–Kier alpha value is -0.0500. The molecule has 0 heterocycles. The molecule has 1 aromatic rings. The summed E-state index contributed by atoms with van der Waals surface area (Å²) in [7, 11) is -9.50. The first-order valence-electron chi connectivity index (χ1n) is 3.40. The van der Waals surface area contributed by atoms with Crippen LogP contribution >= 0.6 is 32.8 Å². The number of aryl methyl sites for hydroxylation is 1. The van der Waals surface area contributed by atoms with E-state index in [0.717, 1.165) is 0 Å². The zero-order valence-electron chi connectivity index (χ0n) is 6.91. The van der Waals surface area contributed by atoms with Gasteiger partial charge in [0, 0.05) is 3.57 Å². The number of hydrogen-bond donors (Lipinski definition) is 0. The Morgan fingerprint density at radius 3 is 1.86 bits per heavy atom. The minimum absolute atomic E-state index is 0.144. The molecule has 0 fully saturated rings. The lowest BCUT2D eigenvalue weighted by Crippen LogP contribution is -2.06. The van der Waals surface area contributed by atoms with Crippen molar-refractivity contribution in [2.75, 3.05) is 0 Å². The smallest absolute Gasteiger partial charge is 0.0936 e. The van der Waals surface area contributed by atoms with Crippen LogP contribution in [0.1, 0.15) is 5.56 Å². The highest BCUT2D eigenvalue weighted by molar-refractivity contribution is 14.1. The van der Waals surface area contributed by atoms with Gasteiger partial charge >= 0.3 is 10.2 Å². The molecule has 0 aliphatic heterocycles. The molecule has 0 spiro atoms. The Balaban J connectivity index is 3.50. The highest BCUT2D eigenvalue weighted by Gasteiger charge is 2.65. The summed E-state index contributed by atoms with van der Waals surface area (Å²) in [5.74, 6) is 0. The lowest BCUT2D eigenvalue weighted by molar-refractivity contribution is 0.364. The Morgan fingerprint density at radius 2 is 1.50 bits per heavy atom. The second kappa shape index (κ2) is 2.55. The molecule has 1 rings (SSSR count). The third-order valence-corrected chi connectivity index (χ3v) is 3.21. The molecule has 0 amide bonds. The van der Waals surface area contributed by atoms with Crippen LogP contribution in [0.3, 0.4) is 0 Å². The van der Waals surface area contributed by atoms with Crippen LogP contribution in [0, 0.1) is 10.5 Å². The van der Waals surface area contributed by atoms with E-state index in [9.17, 15) is 19.4 Å². The van der Waals surface area contributed by atoms with Crippen molar-refractivity contribution in [1.29, 1.82) is 0 Å². The fraction of sp³-hybridized carbons (Fsp3) is 0.143. The van der Waals surface area contributed by atoms with E-state index < -0.39 is 15.1 Å². The molecule has 0 N–H and O–H groups in total. The third-order valence-electron chi connectivity index (χ3n) is 1.46. The van der Waals surface area contributed by atoms with Gasteiger partial charge < -0.3 is 0 Å². The number of benzene rings is 1. The van der Waals surface area contributed by atoms with E-state index in [1.807, 2.05) is 0 Å². The molecule has 0 radical (unpaired) electrons. The normalized spacial score (nSPS) is 17.4. The molecule has 0 aliphatic carbocycles. The molecular formula is C7H6F5IS. The van der Waals surface area contributed by atoms with Crippen LogP contribution in [-0.2, 0) is 0 Å². The van der Waals surface area contributed by atoms with Crippen LogP contribution in [0.25, 0.3) is 0 Å². The van der Waals surface area contributed by atoms with Gasteiger partial charge in [-0.3, -0.25) is 0 Å². The van der Waals surface area contributed by atoms with E-state index in [4.69, 9.17) is 0 Å². The molecule has 0 unspecified atom stereocenters. The summed E-state index contributed by atoms with van der Waals surface area (Å²) in [5, 5.41) is 0. The van der Waals surface area contributed by atoms with E-state index in [1.54, 1.807) is 22.6 Å². The molecule has 82 valence electrons. The predicted molar refractivity (Wildman–Crippen MR) is 55.3 cm³/mol. The van der Waals surface area contributed by atoms with Gasteiger partial charge in [0.25, 0.3) is 0 Å². The fourth-order valence-corrected chi connectivity index (χ4v) is 2.72. The summed E-state index contributed by atoms with van der Waals surface area (Å²) >= 11 is 1.57. The van der Waals surface area contributed by atoms with E-state index in [1.165, 1.54) is 13.0 Å². The van der Waals surface area contributed by atoms with Crippen LogP contribution < -0.4 is 0 Å². The lowest BCUT2D eigenvalue weighted by atomic mass is 10.2. The predicted octanol–water partition coefficient (Wildman–Crippen LogP) is 5.26. The van der Waals surface area contributed by atoms with E-state index >= 15 is 0 Å². The zero-order valence-corrected chi connectivity index (χ0v) is 9.88. The molecule has 0 aliphatic rings. The molecule has 1 aromatic carbocycles. The van der Waals surface area contributed by atoms with Gasteiger partial charge in [0.15, 0.2) is 0 Å². The van der Waals surface area contributed by atoms with Crippen molar-refractivity contribution < 1.29 is 19.4 Å². The quantitative estimate of drug-likeness (QED) is 0.482. The molecule has 0 saturated heterocycles. The van der Waals surface area contributed by atoms with Gasteiger partial charge in [-0.2, -0.15) is 0 Å². The van der Waals surface area contributed by atoms with Crippen molar-refractivity contribution in [3.63, 3.8) is 0 Å². The van der Waals surface area contributed by atoms with Gasteiger partial charge in [-0.1, -0.05) is 19.4 Å². The summed E-state index contributed by atoms with van der Waals surface area (Å²) < 4.78 is 61.7. The SMILES string of the molecule is Cc1cc(I)cc(S(F)(F)(F)(F)F)c1. The first kappa shape index (κ1) is 12.0. The molecule has 0 bridgehead atoms. The average molecular weight is 344 g/mol. The van der Waals surface area contributed by atoms with Crippen molar-refractivity contribution in [2.24, 2.45) is 0 Å². The maximum absolute atomic E-state index is 12.3. The molecule has 14 heavy (non-hydrogen) atoms. The van der Waals surface area contributed by atoms with Crippen LogP contribution in [0.2, 0.25) is 0 Å². The summed E-state index contributed by atoms with van der Waals surface area (Å²) in [6.45, 7) is 1.34. The second-order valence-electron chi connectivity index (χ2n) is 2.93. The number of hydrogen-bond acceptors (Lipinski definition) is 0. The van der Waals surface area contributed by atoms with Crippen LogP contribution in [-0.4, -0.2) is 0 Å². The number of rotatable bonds is 1. The maximum atomic E-state index is 12.3. The standard InChI is InChI=1S/C7H6F5IS/c1-5-2-6(13)4-7(3-5)14(8,9,10,11)12/h2-4H,1H3. The average Bonchev–Trinajstić information content (AvgIpc) is 1.78. The molecule has 7 heteroatoms. The molecule has 0 saturated carbocycles. The summed E-state index contributed by atoms with van der Waals surface area (Å²) in [4.78, 5) is -1.82. The lowest BCUT2D eigenvalue weighted by Gasteiger charge is -2.40. The highest BCUT2D eigenvalue weighted by atomic mass is 127. The van der Waals surface area contributed by atoms with Gasteiger partial charge in [0.1, 0.15) is 4.90 Å². The van der Waals surface area contributed by atoms with Crippen LogP contribution in [0.5, 0.6) is 0 Å². The highest BCUT2D eigenvalue weighted by Crippen LogP contribution is 3.02. The molecule has 0 nitrogen and oxygen atoms in total. The Labute approximate surface area is 91.4 Å². The first-order valence-corrected chi connectivity index (χ1v) is 6.43. The Morgan fingerprint density at radius 1 is 1.00 bits per heavy atom. The van der Waals surface area contributed by atoms with Gasteiger partial charge in [-0.15, -0.1) is 0 Å². The van der Waals surface area contributed by atoms with Gasteiger partial charge in [-0.05, 0) is 53.3 Å². The first-order chi connectivity index (χ1) is 5.88. The van der Waals surface area contributed by atoms with Gasteiger partial charge in [0.05, 0.1) is 0 Å². The monoisotopic (exact) mass is 344 g/mol. The van der Waals surface area contributed by atoms with Crippen LogP contribution in [0.4, 0.5) is 19.4 Å². The van der Waals surface area contributed by atoms with Gasteiger partial charge in [-0.25, -0.2) is 0 Å². The summed E-state index contributed by atoms with van der Waals surface area (Å²) in [6.07, 6.45) is 0. The van der Waals surface area contributed by atoms with Crippen molar-refractivity contribution in [3.05, 3.63) is 27.3 Å². The van der Waals surface area contributed by atoms with E-state index in [-0.39, 0.29) is 9.13 Å². The number of halogens is 6. The van der Waals surface area contributed by atoms with Crippen molar-refractivity contribution in [3.8, 4) is 0 Å². The van der Waals surface area contributed by atoms with Crippen molar-refractivity contribution >= 4 is 32.8 Å². The van der Waals surface area contributed by atoms with Crippen molar-refractivity contribution in [1.82, 2.24) is 0 Å². The fourth-order valence-electron chi connectivity index (χ4n) is 0.926. The van der Waals surface area contributed by atoms with Gasteiger partial charge in [0.2, 0.25) is 0 Å². The van der Waals surface area contributed by atoms with Crippen molar-refractivity contribution in [2.45, 2.75) is 11.8 Å². The second-order valence-corrected chi connectivity index (χ2v) is 6.59. The molecule has 0 aromatic heterocycles. The maximum Gasteiger partial charge on any atom is 0.310 e. The topological polar surface area (TPSA) is 0 Å². The van der Waals surface area contributed by atoms with E-state index in [2.05, 4.69) is 0 Å². The Bertz CT molecular complexity index is 361. The molecular weight excluding hydrogens is 338 g/mol. The zero-order chi connectivity index (χ0) is 11.3. The minimum atomic E-state index is -9.50. The Kier molecular flexibility index (Phi) is 2.19. The molecule has 0 atom stereocenters. The minimum Gasteiger partial charge on any atom is -0.0936 e.